The summed E-state index contributed by atoms with van der Waals surface area (Å²) < 4.78 is 13.7. The van der Waals surface area contributed by atoms with Gasteiger partial charge < -0.3 is 10.4 Å². The summed E-state index contributed by atoms with van der Waals surface area (Å²) in [6.07, 6.45) is 2.82. The van der Waals surface area contributed by atoms with Gasteiger partial charge in [-0.2, -0.15) is 0 Å². The quantitative estimate of drug-likeness (QED) is 0.753. The fourth-order valence-electron chi connectivity index (χ4n) is 2.48. The van der Waals surface area contributed by atoms with Gasteiger partial charge in [-0.05, 0) is 37.7 Å². The third-order valence-corrected chi connectivity index (χ3v) is 4.30. The standard InChI is InChI=1S/C16H26FNO/c1-4-16(5-2,10-11-19)12-18-13(3)14-8-6-7-9-15(14)17/h6-9,13,18-19H,4-5,10-12H2,1-3H3. The second-order valence-corrected chi connectivity index (χ2v) is 5.30. The smallest absolute Gasteiger partial charge is 0.127 e. The van der Waals surface area contributed by atoms with Crippen LogP contribution < -0.4 is 5.32 Å². The first kappa shape index (κ1) is 16.1. The lowest BCUT2D eigenvalue weighted by molar-refractivity contribution is 0.160. The van der Waals surface area contributed by atoms with Gasteiger partial charge in [-0.3, -0.25) is 0 Å². The molecule has 1 rings (SSSR count). The van der Waals surface area contributed by atoms with Crippen molar-refractivity contribution in [3.63, 3.8) is 0 Å². The first-order valence-electron chi connectivity index (χ1n) is 7.17. The monoisotopic (exact) mass is 267 g/mol. The van der Waals surface area contributed by atoms with E-state index in [4.69, 9.17) is 0 Å². The zero-order valence-electron chi connectivity index (χ0n) is 12.2. The maximum Gasteiger partial charge on any atom is 0.127 e. The first-order chi connectivity index (χ1) is 9.08. The Kier molecular flexibility index (Phi) is 6.46. The summed E-state index contributed by atoms with van der Waals surface area (Å²) in [5.41, 5.74) is 0.807. The van der Waals surface area contributed by atoms with Gasteiger partial charge in [0.2, 0.25) is 0 Å². The van der Waals surface area contributed by atoms with Crippen molar-refractivity contribution in [2.75, 3.05) is 13.2 Å². The third kappa shape index (κ3) is 4.29. The normalized spacial score (nSPS) is 13.5. The summed E-state index contributed by atoms with van der Waals surface area (Å²) in [6.45, 7) is 7.28. The number of hydrogen-bond donors (Lipinski definition) is 2. The van der Waals surface area contributed by atoms with E-state index in [0.717, 1.165) is 25.8 Å². The number of rotatable bonds is 8. The molecular formula is C16H26FNO. The van der Waals surface area contributed by atoms with Crippen molar-refractivity contribution >= 4 is 0 Å². The fraction of sp³-hybridized carbons (Fsp3) is 0.625. The summed E-state index contributed by atoms with van der Waals surface area (Å²) >= 11 is 0. The van der Waals surface area contributed by atoms with Crippen LogP contribution in [0.15, 0.2) is 24.3 Å². The lowest BCUT2D eigenvalue weighted by Gasteiger charge is -2.33. The molecule has 3 heteroatoms. The molecule has 2 N–H and O–H groups in total. The van der Waals surface area contributed by atoms with Gasteiger partial charge in [0, 0.05) is 24.8 Å². The Morgan fingerprint density at radius 1 is 1.26 bits per heavy atom. The molecule has 108 valence electrons. The van der Waals surface area contributed by atoms with E-state index in [1.165, 1.54) is 6.07 Å². The van der Waals surface area contributed by atoms with E-state index in [1.54, 1.807) is 6.07 Å². The van der Waals surface area contributed by atoms with E-state index < -0.39 is 0 Å². The Hall–Kier alpha value is -0.930. The first-order valence-corrected chi connectivity index (χ1v) is 7.17. The molecular weight excluding hydrogens is 241 g/mol. The van der Waals surface area contributed by atoms with Crippen molar-refractivity contribution in [3.05, 3.63) is 35.6 Å². The molecule has 0 aliphatic carbocycles. The van der Waals surface area contributed by atoms with E-state index in [1.807, 2.05) is 19.1 Å². The molecule has 0 aromatic heterocycles. The minimum Gasteiger partial charge on any atom is -0.396 e. The SMILES string of the molecule is CCC(CC)(CCO)CNC(C)c1ccccc1F. The van der Waals surface area contributed by atoms with Crippen LogP contribution in [0.3, 0.4) is 0 Å². The summed E-state index contributed by atoms with van der Waals surface area (Å²) in [4.78, 5) is 0. The molecule has 0 saturated carbocycles. The van der Waals surface area contributed by atoms with E-state index in [9.17, 15) is 9.50 Å². The molecule has 0 spiro atoms. The molecule has 0 saturated heterocycles. The summed E-state index contributed by atoms with van der Waals surface area (Å²) in [5, 5.41) is 12.6. The highest BCUT2D eigenvalue weighted by Crippen LogP contribution is 2.30. The zero-order valence-corrected chi connectivity index (χ0v) is 12.2. The van der Waals surface area contributed by atoms with Crippen LogP contribution in [-0.4, -0.2) is 18.3 Å². The maximum atomic E-state index is 13.7. The zero-order chi connectivity index (χ0) is 14.3. The molecule has 0 fully saturated rings. The van der Waals surface area contributed by atoms with Crippen LogP contribution in [0.2, 0.25) is 0 Å². The van der Waals surface area contributed by atoms with Gasteiger partial charge in [0.05, 0.1) is 0 Å². The Morgan fingerprint density at radius 2 is 1.89 bits per heavy atom. The predicted octanol–water partition coefficient (Wildman–Crippen LogP) is 3.67. The number of nitrogens with one attached hydrogen (secondary N) is 1. The molecule has 1 aromatic carbocycles. The number of hydrogen-bond acceptors (Lipinski definition) is 2. The molecule has 19 heavy (non-hydrogen) atoms. The van der Waals surface area contributed by atoms with Crippen LogP contribution in [0.1, 0.15) is 51.6 Å². The van der Waals surface area contributed by atoms with Crippen LogP contribution in [0.5, 0.6) is 0 Å². The summed E-state index contributed by atoms with van der Waals surface area (Å²) in [7, 11) is 0. The van der Waals surface area contributed by atoms with Crippen molar-refractivity contribution in [1.29, 1.82) is 0 Å². The van der Waals surface area contributed by atoms with Gasteiger partial charge in [0.25, 0.3) is 0 Å². The number of benzene rings is 1. The summed E-state index contributed by atoms with van der Waals surface area (Å²) in [6, 6.07) is 6.86. The summed E-state index contributed by atoms with van der Waals surface area (Å²) in [5.74, 6) is -0.164. The van der Waals surface area contributed by atoms with Crippen molar-refractivity contribution < 1.29 is 9.50 Å². The van der Waals surface area contributed by atoms with Gasteiger partial charge in [-0.1, -0.05) is 32.0 Å². The molecule has 1 unspecified atom stereocenters. The maximum absolute atomic E-state index is 13.7. The van der Waals surface area contributed by atoms with E-state index >= 15 is 0 Å². The minimum absolute atomic E-state index is 0.0163. The highest BCUT2D eigenvalue weighted by Gasteiger charge is 2.26. The number of aliphatic hydroxyl groups excluding tert-OH is 1. The topological polar surface area (TPSA) is 32.3 Å². The lowest BCUT2D eigenvalue weighted by Crippen LogP contribution is -2.35. The predicted molar refractivity (Wildman–Crippen MR) is 77.5 cm³/mol. The van der Waals surface area contributed by atoms with Gasteiger partial charge in [-0.25, -0.2) is 4.39 Å². The molecule has 1 atom stereocenters. The average molecular weight is 267 g/mol. The van der Waals surface area contributed by atoms with Gasteiger partial charge in [0.1, 0.15) is 5.82 Å². The van der Waals surface area contributed by atoms with E-state index in [2.05, 4.69) is 19.2 Å². The molecule has 0 bridgehead atoms. The van der Waals surface area contributed by atoms with Gasteiger partial charge in [-0.15, -0.1) is 0 Å². The highest BCUT2D eigenvalue weighted by atomic mass is 19.1. The lowest BCUT2D eigenvalue weighted by atomic mass is 9.79. The van der Waals surface area contributed by atoms with Crippen molar-refractivity contribution in [3.8, 4) is 0 Å². The Morgan fingerprint density at radius 3 is 2.42 bits per heavy atom. The molecule has 2 nitrogen and oxygen atoms in total. The minimum atomic E-state index is -0.164. The fourth-order valence-corrected chi connectivity index (χ4v) is 2.48. The highest BCUT2D eigenvalue weighted by molar-refractivity contribution is 5.20. The van der Waals surface area contributed by atoms with E-state index in [-0.39, 0.29) is 23.9 Å². The second-order valence-electron chi connectivity index (χ2n) is 5.30. The molecule has 0 aliphatic rings. The van der Waals surface area contributed by atoms with Crippen LogP contribution >= 0.6 is 0 Å². The molecule has 0 amide bonds. The number of aliphatic hydroxyl groups is 1. The number of halogens is 1. The van der Waals surface area contributed by atoms with Crippen LogP contribution in [0.4, 0.5) is 4.39 Å². The van der Waals surface area contributed by atoms with E-state index in [0.29, 0.717) is 5.56 Å². The van der Waals surface area contributed by atoms with Crippen molar-refractivity contribution in [2.45, 2.75) is 46.1 Å². The van der Waals surface area contributed by atoms with Crippen molar-refractivity contribution in [2.24, 2.45) is 5.41 Å². The van der Waals surface area contributed by atoms with Crippen LogP contribution in [0.25, 0.3) is 0 Å². The Bertz CT molecular complexity index is 377. The Labute approximate surface area is 116 Å². The molecule has 0 radical (unpaired) electrons. The van der Waals surface area contributed by atoms with Crippen LogP contribution in [-0.2, 0) is 0 Å². The molecule has 1 aromatic rings. The third-order valence-electron chi connectivity index (χ3n) is 4.30. The molecule has 0 aliphatic heterocycles. The van der Waals surface area contributed by atoms with Gasteiger partial charge in [0.15, 0.2) is 0 Å². The average Bonchev–Trinajstić information content (AvgIpc) is 2.44. The largest absolute Gasteiger partial charge is 0.396 e. The van der Waals surface area contributed by atoms with Gasteiger partial charge >= 0.3 is 0 Å². The van der Waals surface area contributed by atoms with Crippen molar-refractivity contribution in [1.82, 2.24) is 5.32 Å². The Balaban J connectivity index is 2.67. The molecule has 0 heterocycles. The van der Waals surface area contributed by atoms with Crippen LogP contribution in [0, 0.1) is 11.2 Å². The second kappa shape index (κ2) is 7.61.